The van der Waals surface area contributed by atoms with E-state index in [4.69, 9.17) is 0 Å². The van der Waals surface area contributed by atoms with E-state index in [-0.39, 0.29) is 4.90 Å². The second kappa shape index (κ2) is 8.48. The van der Waals surface area contributed by atoms with Crippen molar-refractivity contribution in [3.05, 3.63) is 65.4 Å². The molecule has 2 aromatic carbocycles. The van der Waals surface area contributed by atoms with E-state index in [2.05, 4.69) is 25.3 Å². The van der Waals surface area contributed by atoms with Gasteiger partial charge in [-0.2, -0.15) is 4.98 Å². The van der Waals surface area contributed by atoms with Gasteiger partial charge >= 0.3 is 0 Å². The number of benzene rings is 2. The van der Waals surface area contributed by atoms with E-state index in [0.29, 0.717) is 23.0 Å². The predicted octanol–water partition coefficient (Wildman–Crippen LogP) is 4.38. The van der Waals surface area contributed by atoms with E-state index >= 15 is 0 Å². The zero-order valence-electron chi connectivity index (χ0n) is 16.9. The molecule has 3 aromatic rings. The summed E-state index contributed by atoms with van der Waals surface area (Å²) in [5.74, 6) is 1.23. The third kappa shape index (κ3) is 5.23. The number of aromatic nitrogens is 2. The first-order valence-corrected chi connectivity index (χ1v) is 10.8. The van der Waals surface area contributed by atoms with Gasteiger partial charge in [0.05, 0.1) is 4.90 Å². The molecule has 152 valence electrons. The minimum atomic E-state index is -3.66. The van der Waals surface area contributed by atoms with Gasteiger partial charge in [0, 0.05) is 29.7 Å². The zero-order chi connectivity index (χ0) is 21.0. The molecule has 29 heavy (non-hydrogen) atoms. The maximum absolute atomic E-state index is 12.7. The summed E-state index contributed by atoms with van der Waals surface area (Å²) in [5.41, 5.74) is 3.73. The minimum absolute atomic E-state index is 0.284. The highest BCUT2D eigenvalue weighted by Gasteiger charge is 2.17. The van der Waals surface area contributed by atoms with Crippen LogP contribution in [0.5, 0.6) is 0 Å². The first-order chi connectivity index (χ1) is 13.8. The fourth-order valence-electron chi connectivity index (χ4n) is 2.85. The van der Waals surface area contributed by atoms with Crippen LogP contribution in [-0.4, -0.2) is 24.9 Å². The second-order valence-electron chi connectivity index (χ2n) is 6.83. The van der Waals surface area contributed by atoms with Gasteiger partial charge in [0.15, 0.2) is 0 Å². The fraction of sp³-hybridized carbons (Fsp3) is 0.238. The number of hydrogen-bond donors (Lipinski definition) is 3. The number of sulfonamides is 1. The van der Waals surface area contributed by atoms with Gasteiger partial charge in [-0.3, -0.25) is 4.72 Å². The topological polar surface area (TPSA) is 96.0 Å². The van der Waals surface area contributed by atoms with Crippen molar-refractivity contribution in [1.82, 2.24) is 9.97 Å². The Bertz CT molecular complexity index is 1110. The van der Waals surface area contributed by atoms with Crippen molar-refractivity contribution in [1.29, 1.82) is 0 Å². The highest BCUT2D eigenvalue weighted by Crippen LogP contribution is 2.23. The summed E-state index contributed by atoms with van der Waals surface area (Å²) in [7, 11) is -3.66. The number of anilines is 4. The van der Waals surface area contributed by atoms with Gasteiger partial charge in [-0.25, -0.2) is 13.4 Å². The number of rotatable bonds is 7. The molecule has 0 aliphatic heterocycles. The largest absolute Gasteiger partial charge is 0.354 e. The molecule has 1 aromatic heterocycles. The first-order valence-electron chi connectivity index (χ1n) is 9.33. The molecule has 0 spiro atoms. The highest BCUT2D eigenvalue weighted by atomic mass is 32.2. The fourth-order valence-corrected chi connectivity index (χ4v) is 4.24. The molecule has 0 aliphatic rings. The van der Waals surface area contributed by atoms with Crippen molar-refractivity contribution in [2.45, 2.75) is 32.6 Å². The van der Waals surface area contributed by atoms with Crippen molar-refractivity contribution in [2.24, 2.45) is 0 Å². The maximum atomic E-state index is 12.7. The molecule has 0 atom stereocenters. The Morgan fingerprint density at radius 2 is 1.59 bits per heavy atom. The number of aryl methyl sites for hydroxylation is 3. The van der Waals surface area contributed by atoms with Crippen LogP contribution in [0.25, 0.3) is 0 Å². The smallest absolute Gasteiger partial charge is 0.262 e. The SMILES string of the molecule is CCNc1nc(C)cc(Nc2ccc(NS(=O)(=O)c3cc(C)ccc3C)cc2)n1. The molecule has 8 heteroatoms. The van der Waals surface area contributed by atoms with Gasteiger partial charge in [-0.1, -0.05) is 12.1 Å². The lowest BCUT2D eigenvalue weighted by atomic mass is 10.2. The lowest BCUT2D eigenvalue weighted by Gasteiger charge is -2.12. The Morgan fingerprint density at radius 1 is 0.897 bits per heavy atom. The van der Waals surface area contributed by atoms with E-state index in [1.54, 1.807) is 37.3 Å². The summed E-state index contributed by atoms with van der Waals surface area (Å²) in [5, 5.41) is 6.31. The van der Waals surface area contributed by atoms with Gasteiger partial charge in [0.1, 0.15) is 5.82 Å². The summed E-state index contributed by atoms with van der Waals surface area (Å²) in [6.45, 7) is 8.27. The predicted molar refractivity (Wildman–Crippen MR) is 117 cm³/mol. The molecule has 0 saturated heterocycles. The average molecular weight is 412 g/mol. The van der Waals surface area contributed by atoms with Crippen molar-refractivity contribution in [3.63, 3.8) is 0 Å². The van der Waals surface area contributed by atoms with Crippen molar-refractivity contribution < 1.29 is 8.42 Å². The summed E-state index contributed by atoms with van der Waals surface area (Å²) in [4.78, 5) is 9.02. The average Bonchev–Trinajstić information content (AvgIpc) is 2.65. The second-order valence-corrected chi connectivity index (χ2v) is 8.48. The van der Waals surface area contributed by atoms with E-state index in [1.807, 2.05) is 39.0 Å². The molecule has 7 nitrogen and oxygen atoms in total. The zero-order valence-corrected chi connectivity index (χ0v) is 17.8. The van der Waals surface area contributed by atoms with Gasteiger partial charge in [-0.15, -0.1) is 0 Å². The van der Waals surface area contributed by atoms with E-state index in [0.717, 1.165) is 23.5 Å². The van der Waals surface area contributed by atoms with Crippen LogP contribution in [0.15, 0.2) is 53.4 Å². The Morgan fingerprint density at radius 3 is 2.28 bits per heavy atom. The molecule has 0 unspecified atom stereocenters. The lowest BCUT2D eigenvalue weighted by Crippen LogP contribution is -2.14. The molecule has 0 bridgehead atoms. The van der Waals surface area contributed by atoms with Crippen molar-refractivity contribution >= 4 is 33.2 Å². The molecule has 3 N–H and O–H groups in total. The van der Waals surface area contributed by atoms with Gasteiger partial charge in [0.25, 0.3) is 10.0 Å². The molecule has 1 heterocycles. The molecule has 0 saturated carbocycles. The number of nitrogens with one attached hydrogen (secondary N) is 3. The Labute approximate surface area is 171 Å². The third-order valence-electron chi connectivity index (χ3n) is 4.23. The quantitative estimate of drug-likeness (QED) is 0.534. The molecular formula is C21H25N5O2S. The van der Waals surface area contributed by atoms with Crippen LogP contribution < -0.4 is 15.4 Å². The van der Waals surface area contributed by atoms with Crippen LogP contribution in [-0.2, 0) is 10.0 Å². The standard InChI is InChI=1S/C21H25N5O2S/c1-5-22-21-23-16(4)13-20(25-21)24-17-8-10-18(11-9-17)26-29(27,28)19-12-14(2)6-7-15(19)3/h6-13,26H,5H2,1-4H3,(H2,22,23,24,25). The molecule has 0 aliphatic carbocycles. The highest BCUT2D eigenvalue weighted by molar-refractivity contribution is 7.92. The summed E-state index contributed by atoms with van der Waals surface area (Å²) in [6, 6.07) is 14.2. The van der Waals surface area contributed by atoms with Crippen LogP contribution in [0.2, 0.25) is 0 Å². The molecule has 0 radical (unpaired) electrons. The van der Waals surface area contributed by atoms with Crippen LogP contribution in [0.4, 0.5) is 23.1 Å². The van der Waals surface area contributed by atoms with Crippen LogP contribution in [0.3, 0.4) is 0 Å². The van der Waals surface area contributed by atoms with Gasteiger partial charge in [0.2, 0.25) is 5.95 Å². The number of hydrogen-bond acceptors (Lipinski definition) is 6. The van der Waals surface area contributed by atoms with Crippen LogP contribution in [0.1, 0.15) is 23.7 Å². The van der Waals surface area contributed by atoms with Crippen molar-refractivity contribution in [3.8, 4) is 0 Å². The molecule has 0 amide bonds. The van der Waals surface area contributed by atoms with E-state index in [9.17, 15) is 8.42 Å². The van der Waals surface area contributed by atoms with Crippen LogP contribution in [0, 0.1) is 20.8 Å². The normalized spacial score (nSPS) is 11.2. The third-order valence-corrected chi connectivity index (χ3v) is 5.76. The molecule has 0 fully saturated rings. The first kappa shape index (κ1) is 20.6. The maximum Gasteiger partial charge on any atom is 0.262 e. The van der Waals surface area contributed by atoms with Gasteiger partial charge < -0.3 is 10.6 Å². The van der Waals surface area contributed by atoms with Crippen LogP contribution >= 0.6 is 0 Å². The molecular weight excluding hydrogens is 386 g/mol. The van der Waals surface area contributed by atoms with Crippen molar-refractivity contribution in [2.75, 3.05) is 21.9 Å². The lowest BCUT2D eigenvalue weighted by molar-refractivity contribution is 0.600. The Hall–Kier alpha value is -3.13. The minimum Gasteiger partial charge on any atom is -0.354 e. The Balaban J connectivity index is 1.76. The Kier molecular flexibility index (Phi) is 6.03. The summed E-state index contributed by atoms with van der Waals surface area (Å²) in [6.07, 6.45) is 0. The molecule has 3 rings (SSSR count). The monoisotopic (exact) mass is 411 g/mol. The summed E-state index contributed by atoms with van der Waals surface area (Å²) >= 11 is 0. The van der Waals surface area contributed by atoms with E-state index in [1.165, 1.54) is 0 Å². The number of nitrogens with zero attached hydrogens (tertiary/aromatic N) is 2. The van der Waals surface area contributed by atoms with E-state index < -0.39 is 10.0 Å². The summed E-state index contributed by atoms with van der Waals surface area (Å²) < 4.78 is 28.1. The van der Waals surface area contributed by atoms with Gasteiger partial charge in [-0.05, 0) is 69.2 Å².